The first-order valence-electron chi connectivity index (χ1n) is 12.9. The number of fused-ring (bicyclic) bond motifs is 1. The maximum Gasteiger partial charge on any atom is 0.252 e. The number of aromatic nitrogens is 4. The van der Waals surface area contributed by atoms with Gasteiger partial charge in [0.1, 0.15) is 6.07 Å². The van der Waals surface area contributed by atoms with E-state index in [0.29, 0.717) is 47.4 Å². The van der Waals surface area contributed by atoms with Crippen molar-refractivity contribution in [3.8, 4) is 17.2 Å². The highest BCUT2D eigenvalue weighted by atomic mass is 16.5. The van der Waals surface area contributed by atoms with E-state index in [1.54, 1.807) is 23.8 Å². The zero-order valence-corrected chi connectivity index (χ0v) is 21.7. The normalized spacial score (nSPS) is 18.4. The van der Waals surface area contributed by atoms with Gasteiger partial charge in [-0.05, 0) is 36.6 Å². The summed E-state index contributed by atoms with van der Waals surface area (Å²) in [6, 6.07) is 11.4. The molecule has 0 bridgehead atoms. The Morgan fingerprint density at radius 1 is 1.10 bits per heavy atom. The number of carbonyl (C=O) groups is 2. The monoisotopic (exact) mass is 537 g/mol. The first kappa shape index (κ1) is 25.3. The molecular weight excluding hydrogens is 510 g/mol. The molecule has 2 fully saturated rings. The second-order valence-electron chi connectivity index (χ2n) is 9.99. The van der Waals surface area contributed by atoms with Crippen molar-refractivity contribution in [1.29, 1.82) is 5.26 Å². The molecule has 2 aliphatic rings. The maximum atomic E-state index is 12.4. The van der Waals surface area contributed by atoms with Gasteiger partial charge in [-0.25, -0.2) is 14.5 Å². The summed E-state index contributed by atoms with van der Waals surface area (Å²) in [5.74, 6) is -0.190. The lowest BCUT2D eigenvalue weighted by molar-refractivity contribution is 0.0949. The number of hydrogen-bond acceptors (Lipinski definition) is 9. The fraction of sp³-hybridized carbons (Fsp3) is 0.286. The standard InChI is InChI=1S/C28H27N9O3/c1-40-24-15-36(28-31-10-16(9-29)11-32-28)14-22(24)35-25-21(26(30)38)12-33-37-13-19(8-23(25)37)17-2-4-18(5-3-17)27(39)34-20-6-7-20/h2-5,8,10-13,20,22,24,35H,6-7,14-15H2,1H3,(H2,30,38)(H,34,39). The molecule has 0 spiro atoms. The number of primary amides is 1. The lowest BCUT2D eigenvalue weighted by Crippen LogP contribution is -2.34. The topological polar surface area (TPSA) is 164 Å². The number of anilines is 2. The predicted molar refractivity (Wildman–Crippen MR) is 147 cm³/mol. The van der Waals surface area contributed by atoms with Crippen LogP contribution in [0.1, 0.15) is 39.1 Å². The van der Waals surface area contributed by atoms with Gasteiger partial charge in [0.25, 0.3) is 11.8 Å². The summed E-state index contributed by atoms with van der Waals surface area (Å²) in [7, 11) is 1.63. The van der Waals surface area contributed by atoms with E-state index >= 15 is 0 Å². The van der Waals surface area contributed by atoms with Crippen LogP contribution in [-0.4, -0.2) is 69.8 Å². The number of nitrogens with two attached hydrogens (primary N) is 1. The number of amides is 2. The Balaban J connectivity index is 1.29. The summed E-state index contributed by atoms with van der Waals surface area (Å²) in [5, 5.41) is 19.9. The summed E-state index contributed by atoms with van der Waals surface area (Å²) in [6.45, 7) is 1.01. The molecule has 4 heterocycles. The van der Waals surface area contributed by atoms with Crippen molar-refractivity contribution in [3.05, 3.63) is 71.8 Å². The van der Waals surface area contributed by atoms with Gasteiger partial charge in [0, 0.05) is 43.6 Å². The van der Waals surface area contributed by atoms with Gasteiger partial charge in [-0.15, -0.1) is 0 Å². The van der Waals surface area contributed by atoms with Crippen molar-refractivity contribution in [2.75, 3.05) is 30.4 Å². The van der Waals surface area contributed by atoms with E-state index in [4.69, 9.17) is 15.7 Å². The fourth-order valence-electron chi connectivity index (χ4n) is 4.91. The second-order valence-corrected chi connectivity index (χ2v) is 9.99. The van der Waals surface area contributed by atoms with Crippen LogP contribution in [0.3, 0.4) is 0 Å². The Kier molecular flexibility index (Phi) is 6.49. The highest BCUT2D eigenvalue weighted by Gasteiger charge is 2.35. The third-order valence-electron chi connectivity index (χ3n) is 7.24. The maximum absolute atomic E-state index is 12.4. The Morgan fingerprint density at radius 3 is 2.50 bits per heavy atom. The smallest absolute Gasteiger partial charge is 0.252 e. The predicted octanol–water partition coefficient (Wildman–Crippen LogP) is 1.97. The Labute approximate surface area is 229 Å². The number of ether oxygens (including phenoxy) is 1. The first-order valence-corrected chi connectivity index (χ1v) is 12.9. The molecule has 1 aliphatic heterocycles. The summed E-state index contributed by atoms with van der Waals surface area (Å²) >= 11 is 0. The Hall–Kier alpha value is -5.02. The number of hydrogen-bond donors (Lipinski definition) is 3. The van der Waals surface area contributed by atoms with Crippen LogP contribution in [0.2, 0.25) is 0 Å². The molecule has 2 unspecified atom stereocenters. The van der Waals surface area contributed by atoms with Crippen LogP contribution in [0.4, 0.5) is 11.6 Å². The minimum atomic E-state index is -0.606. The third-order valence-corrected chi connectivity index (χ3v) is 7.24. The molecule has 3 aromatic heterocycles. The third kappa shape index (κ3) is 4.90. The molecule has 12 heteroatoms. The number of methoxy groups -OCH3 is 1. The van der Waals surface area contributed by atoms with Crippen LogP contribution in [0.15, 0.2) is 55.1 Å². The molecule has 1 saturated heterocycles. The summed E-state index contributed by atoms with van der Waals surface area (Å²) in [5.41, 5.74) is 9.98. The minimum absolute atomic E-state index is 0.0694. The van der Waals surface area contributed by atoms with Crippen molar-refractivity contribution >= 4 is 29.0 Å². The zero-order valence-electron chi connectivity index (χ0n) is 21.7. The van der Waals surface area contributed by atoms with Gasteiger partial charge in [0.15, 0.2) is 0 Å². The molecule has 40 heavy (non-hydrogen) atoms. The number of benzene rings is 1. The van der Waals surface area contributed by atoms with Crippen LogP contribution in [0.5, 0.6) is 0 Å². The molecule has 2 atom stereocenters. The highest BCUT2D eigenvalue weighted by Crippen LogP contribution is 2.31. The molecule has 2 amide bonds. The van der Waals surface area contributed by atoms with Crippen LogP contribution in [0, 0.1) is 11.3 Å². The van der Waals surface area contributed by atoms with Gasteiger partial charge in [0.05, 0.1) is 53.1 Å². The van der Waals surface area contributed by atoms with Gasteiger partial charge < -0.3 is 26.0 Å². The van der Waals surface area contributed by atoms with E-state index in [1.807, 2.05) is 35.4 Å². The average Bonchev–Trinajstić information content (AvgIpc) is 3.52. The summed E-state index contributed by atoms with van der Waals surface area (Å²) in [4.78, 5) is 35.3. The van der Waals surface area contributed by atoms with Crippen LogP contribution in [-0.2, 0) is 4.74 Å². The number of nitrogens with zero attached hydrogens (tertiary/aromatic N) is 6. The van der Waals surface area contributed by atoms with Crippen molar-refractivity contribution in [1.82, 2.24) is 24.9 Å². The summed E-state index contributed by atoms with van der Waals surface area (Å²) in [6.07, 6.45) is 8.11. The van der Waals surface area contributed by atoms with E-state index in [0.717, 1.165) is 24.0 Å². The van der Waals surface area contributed by atoms with E-state index in [1.165, 1.54) is 18.6 Å². The molecule has 202 valence electrons. The average molecular weight is 538 g/mol. The van der Waals surface area contributed by atoms with Crippen molar-refractivity contribution in [3.63, 3.8) is 0 Å². The molecule has 1 saturated carbocycles. The van der Waals surface area contributed by atoms with E-state index < -0.39 is 5.91 Å². The van der Waals surface area contributed by atoms with E-state index in [9.17, 15) is 9.59 Å². The van der Waals surface area contributed by atoms with Gasteiger partial charge >= 0.3 is 0 Å². The Morgan fingerprint density at radius 2 is 1.85 bits per heavy atom. The molecule has 12 nitrogen and oxygen atoms in total. The van der Waals surface area contributed by atoms with Crippen molar-refractivity contribution in [2.24, 2.45) is 5.73 Å². The molecule has 6 rings (SSSR count). The van der Waals surface area contributed by atoms with Crippen molar-refractivity contribution in [2.45, 2.75) is 31.0 Å². The number of carbonyl (C=O) groups excluding carboxylic acids is 2. The first-order chi connectivity index (χ1) is 19.4. The lowest BCUT2D eigenvalue weighted by Gasteiger charge is -2.21. The van der Waals surface area contributed by atoms with Crippen LogP contribution >= 0.6 is 0 Å². The quantitative estimate of drug-likeness (QED) is 0.305. The van der Waals surface area contributed by atoms with Gasteiger partial charge in [-0.2, -0.15) is 10.4 Å². The number of nitrogens with one attached hydrogen (secondary N) is 2. The lowest BCUT2D eigenvalue weighted by atomic mass is 10.1. The van der Waals surface area contributed by atoms with Gasteiger partial charge in [-0.1, -0.05) is 12.1 Å². The molecular formula is C28H27N9O3. The second kappa shape index (κ2) is 10.3. The van der Waals surface area contributed by atoms with Crippen LogP contribution < -0.4 is 21.3 Å². The Bertz CT molecular complexity index is 1620. The largest absolute Gasteiger partial charge is 0.377 e. The zero-order chi connectivity index (χ0) is 27.8. The number of nitriles is 1. The highest BCUT2D eigenvalue weighted by molar-refractivity contribution is 6.02. The molecule has 1 aliphatic carbocycles. The molecule has 4 N–H and O–H groups in total. The summed E-state index contributed by atoms with van der Waals surface area (Å²) < 4.78 is 7.45. The van der Waals surface area contributed by atoms with Crippen molar-refractivity contribution < 1.29 is 14.3 Å². The molecule has 1 aromatic carbocycles. The number of rotatable bonds is 8. The van der Waals surface area contributed by atoms with E-state index in [-0.39, 0.29) is 23.6 Å². The van der Waals surface area contributed by atoms with E-state index in [2.05, 4.69) is 25.7 Å². The fourth-order valence-corrected chi connectivity index (χ4v) is 4.91. The SMILES string of the molecule is COC1CN(c2ncc(C#N)cn2)CC1Nc1c(C(N)=O)cnn2cc(-c3ccc(C(=O)NC4CC4)cc3)cc12. The molecule has 4 aromatic rings. The molecule has 0 radical (unpaired) electrons. The van der Waals surface area contributed by atoms with Gasteiger partial charge in [0.2, 0.25) is 5.95 Å². The van der Waals surface area contributed by atoms with Gasteiger partial charge in [-0.3, -0.25) is 9.59 Å². The minimum Gasteiger partial charge on any atom is -0.377 e. The van der Waals surface area contributed by atoms with Crippen LogP contribution in [0.25, 0.3) is 16.6 Å².